The molecule has 1 aromatic heterocycles. The fourth-order valence-electron chi connectivity index (χ4n) is 3.97. The number of urea groups is 1. The van der Waals surface area contributed by atoms with Gasteiger partial charge in [-0.15, -0.1) is 0 Å². The molecule has 3 aromatic rings. The third-order valence-electron chi connectivity index (χ3n) is 5.82. The van der Waals surface area contributed by atoms with E-state index in [-0.39, 0.29) is 6.03 Å². The number of amides is 2. The van der Waals surface area contributed by atoms with Crippen molar-refractivity contribution in [3.05, 3.63) is 54.7 Å². The number of rotatable bonds is 5. The smallest absolute Gasteiger partial charge is 0.316 e. The van der Waals surface area contributed by atoms with Crippen molar-refractivity contribution in [1.29, 1.82) is 0 Å². The second kappa shape index (κ2) is 9.11. The first-order valence-corrected chi connectivity index (χ1v) is 10.6. The number of aromatic nitrogens is 2. The standard InChI is InChI=1S/C24H29N5O/c1-28(2)24(30)26-13-9-18-11-15-29(16-12-18)23-25-14-10-22(27-23)21-8-7-19-5-3-4-6-20(19)17-21/h3-8,10,14,17-18H,9,11-13,15-16H2,1-2H3,(H,26,30). The first kappa shape index (κ1) is 20.1. The molecule has 30 heavy (non-hydrogen) atoms. The summed E-state index contributed by atoms with van der Waals surface area (Å²) in [7, 11) is 3.53. The molecule has 0 radical (unpaired) electrons. The summed E-state index contributed by atoms with van der Waals surface area (Å²) in [5.41, 5.74) is 2.07. The van der Waals surface area contributed by atoms with Crippen LogP contribution in [0.5, 0.6) is 0 Å². The van der Waals surface area contributed by atoms with E-state index in [0.29, 0.717) is 5.92 Å². The Kier molecular flexibility index (Phi) is 6.12. The maximum atomic E-state index is 11.6. The molecule has 1 N–H and O–H groups in total. The quantitative estimate of drug-likeness (QED) is 0.694. The zero-order chi connectivity index (χ0) is 20.9. The summed E-state index contributed by atoms with van der Waals surface area (Å²) < 4.78 is 0. The molecule has 1 aliphatic rings. The minimum Gasteiger partial charge on any atom is -0.341 e. The number of nitrogens with one attached hydrogen (secondary N) is 1. The van der Waals surface area contributed by atoms with Crippen LogP contribution in [0.25, 0.3) is 22.0 Å². The number of fused-ring (bicyclic) bond motifs is 1. The van der Waals surface area contributed by atoms with Crippen molar-refractivity contribution in [2.45, 2.75) is 19.3 Å². The number of carbonyl (C=O) groups excluding carboxylic acids is 1. The Morgan fingerprint density at radius 3 is 2.63 bits per heavy atom. The van der Waals surface area contributed by atoms with Gasteiger partial charge in [0.05, 0.1) is 5.69 Å². The summed E-state index contributed by atoms with van der Waals surface area (Å²) in [6.07, 6.45) is 5.07. The summed E-state index contributed by atoms with van der Waals surface area (Å²) in [6.45, 7) is 2.64. The highest BCUT2D eigenvalue weighted by atomic mass is 16.2. The Morgan fingerprint density at radius 2 is 1.87 bits per heavy atom. The van der Waals surface area contributed by atoms with E-state index in [1.54, 1.807) is 19.0 Å². The van der Waals surface area contributed by atoms with Gasteiger partial charge in [-0.05, 0) is 48.1 Å². The van der Waals surface area contributed by atoms with Gasteiger partial charge in [-0.25, -0.2) is 14.8 Å². The van der Waals surface area contributed by atoms with E-state index in [0.717, 1.165) is 56.1 Å². The molecule has 2 heterocycles. The molecule has 6 nitrogen and oxygen atoms in total. The highest BCUT2D eigenvalue weighted by molar-refractivity contribution is 5.86. The van der Waals surface area contributed by atoms with Crippen molar-refractivity contribution < 1.29 is 4.79 Å². The number of nitrogens with zero attached hydrogens (tertiary/aromatic N) is 4. The Bertz CT molecular complexity index is 1010. The van der Waals surface area contributed by atoms with E-state index in [1.807, 2.05) is 12.3 Å². The molecule has 1 fully saturated rings. The van der Waals surface area contributed by atoms with Gasteiger partial charge in [-0.2, -0.15) is 0 Å². The molecular weight excluding hydrogens is 374 g/mol. The first-order chi connectivity index (χ1) is 14.6. The molecule has 2 aromatic carbocycles. The topological polar surface area (TPSA) is 61.4 Å². The minimum atomic E-state index is -0.0219. The summed E-state index contributed by atoms with van der Waals surface area (Å²) in [4.78, 5) is 24.9. The second-order valence-electron chi connectivity index (χ2n) is 8.15. The van der Waals surface area contributed by atoms with Crippen LogP contribution in [-0.4, -0.2) is 54.6 Å². The van der Waals surface area contributed by atoms with Crippen LogP contribution in [0.1, 0.15) is 19.3 Å². The third kappa shape index (κ3) is 4.70. The van der Waals surface area contributed by atoms with Crippen LogP contribution in [0.2, 0.25) is 0 Å². The number of hydrogen-bond donors (Lipinski definition) is 1. The predicted molar refractivity (Wildman–Crippen MR) is 122 cm³/mol. The summed E-state index contributed by atoms with van der Waals surface area (Å²) in [5, 5.41) is 5.41. The van der Waals surface area contributed by atoms with Crippen LogP contribution in [0.3, 0.4) is 0 Å². The van der Waals surface area contributed by atoms with E-state index >= 15 is 0 Å². The van der Waals surface area contributed by atoms with Gasteiger partial charge in [0.25, 0.3) is 0 Å². The Balaban J connectivity index is 1.37. The van der Waals surface area contributed by atoms with Gasteiger partial charge in [-0.1, -0.05) is 36.4 Å². The van der Waals surface area contributed by atoms with Crippen molar-refractivity contribution >= 4 is 22.8 Å². The molecule has 0 spiro atoms. The van der Waals surface area contributed by atoms with Crippen LogP contribution in [-0.2, 0) is 0 Å². The minimum absolute atomic E-state index is 0.0219. The van der Waals surface area contributed by atoms with Crippen molar-refractivity contribution in [3.8, 4) is 11.3 Å². The average Bonchev–Trinajstić information content (AvgIpc) is 2.79. The summed E-state index contributed by atoms with van der Waals surface area (Å²) in [6, 6.07) is 16.8. The molecular formula is C24H29N5O. The van der Waals surface area contributed by atoms with Gasteiger partial charge in [0, 0.05) is 45.5 Å². The fourth-order valence-corrected chi connectivity index (χ4v) is 3.97. The van der Waals surface area contributed by atoms with Gasteiger partial charge in [0.2, 0.25) is 5.95 Å². The molecule has 0 unspecified atom stereocenters. The van der Waals surface area contributed by atoms with E-state index in [4.69, 9.17) is 4.98 Å². The number of anilines is 1. The SMILES string of the molecule is CN(C)C(=O)NCCC1CCN(c2nccc(-c3ccc4ccccc4c3)n2)CC1. The molecule has 0 atom stereocenters. The van der Waals surface area contributed by atoms with E-state index in [9.17, 15) is 4.79 Å². The zero-order valence-electron chi connectivity index (χ0n) is 17.7. The lowest BCUT2D eigenvalue weighted by atomic mass is 9.94. The van der Waals surface area contributed by atoms with Crippen molar-refractivity contribution in [2.24, 2.45) is 5.92 Å². The van der Waals surface area contributed by atoms with Gasteiger partial charge in [0.1, 0.15) is 0 Å². The largest absolute Gasteiger partial charge is 0.341 e. The van der Waals surface area contributed by atoms with Crippen molar-refractivity contribution in [2.75, 3.05) is 38.6 Å². The van der Waals surface area contributed by atoms with E-state index in [2.05, 4.69) is 57.7 Å². The van der Waals surface area contributed by atoms with Crippen molar-refractivity contribution in [1.82, 2.24) is 20.2 Å². The lowest BCUT2D eigenvalue weighted by Gasteiger charge is -2.32. The lowest BCUT2D eigenvalue weighted by molar-refractivity contribution is 0.216. The van der Waals surface area contributed by atoms with Crippen LogP contribution in [0.15, 0.2) is 54.7 Å². The number of piperidine rings is 1. The summed E-state index contributed by atoms with van der Waals surface area (Å²) >= 11 is 0. The first-order valence-electron chi connectivity index (χ1n) is 10.6. The number of hydrogen-bond acceptors (Lipinski definition) is 4. The lowest BCUT2D eigenvalue weighted by Crippen LogP contribution is -2.38. The third-order valence-corrected chi connectivity index (χ3v) is 5.82. The predicted octanol–water partition coefficient (Wildman–Crippen LogP) is 4.17. The maximum Gasteiger partial charge on any atom is 0.316 e. The van der Waals surface area contributed by atoms with Gasteiger partial charge in [-0.3, -0.25) is 0 Å². The molecule has 0 bridgehead atoms. The molecule has 4 rings (SSSR count). The molecule has 1 aliphatic heterocycles. The normalized spacial score (nSPS) is 14.7. The Hall–Kier alpha value is -3.15. The molecule has 1 saturated heterocycles. The molecule has 0 aliphatic carbocycles. The van der Waals surface area contributed by atoms with Crippen LogP contribution < -0.4 is 10.2 Å². The van der Waals surface area contributed by atoms with Crippen LogP contribution >= 0.6 is 0 Å². The van der Waals surface area contributed by atoms with Gasteiger partial charge >= 0.3 is 6.03 Å². The highest BCUT2D eigenvalue weighted by Gasteiger charge is 2.21. The van der Waals surface area contributed by atoms with Gasteiger partial charge < -0.3 is 15.1 Å². The Labute approximate surface area is 177 Å². The van der Waals surface area contributed by atoms with Gasteiger partial charge in [0.15, 0.2) is 0 Å². The molecule has 156 valence electrons. The van der Waals surface area contributed by atoms with E-state index < -0.39 is 0 Å². The second-order valence-corrected chi connectivity index (χ2v) is 8.15. The highest BCUT2D eigenvalue weighted by Crippen LogP contribution is 2.26. The van der Waals surface area contributed by atoms with Crippen molar-refractivity contribution in [3.63, 3.8) is 0 Å². The van der Waals surface area contributed by atoms with Crippen LogP contribution in [0, 0.1) is 5.92 Å². The molecule has 2 amide bonds. The zero-order valence-corrected chi connectivity index (χ0v) is 17.7. The van der Waals surface area contributed by atoms with E-state index in [1.165, 1.54) is 10.8 Å². The van der Waals surface area contributed by atoms with Crippen LogP contribution in [0.4, 0.5) is 10.7 Å². The average molecular weight is 404 g/mol. The maximum absolute atomic E-state index is 11.6. The fraction of sp³-hybridized carbons (Fsp3) is 0.375. The Morgan fingerprint density at radius 1 is 1.10 bits per heavy atom. The number of carbonyl (C=O) groups is 1. The molecule has 0 saturated carbocycles. The summed E-state index contributed by atoms with van der Waals surface area (Å²) in [5.74, 6) is 1.44. The number of benzene rings is 2. The molecule has 6 heteroatoms. The monoisotopic (exact) mass is 403 g/mol.